The zero-order chi connectivity index (χ0) is 21.4. The van der Waals surface area contributed by atoms with E-state index < -0.39 is 12.0 Å². The third-order valence-electron chi connectivity index (χ3n) is 4.97. The molecule has 0 radical (unpaired) electrons. The van der Waals surface area contributed by atoms with Crippen LogP contribution in [0.3, 0.4) is 0 Å². The molecule has 0 saturated carbocycles. The highest BCUT2D eigenvalue weighted by Gasteiger charge is 2.33. The number of hydrogen-bond acceptors (Lipinski definition) is 7. The van der Waals surface area contributed by atoms with Crippen molar-refractivity contribution < 1.29 is 9.53 Å². The molecule has 1 aliphatic heterocycles. The smallest absolute Gasteiger partial charge is 0.338 e. The lowest BCUT2D eigenvalue weighted by molar-refractivity contribution is -0.136. The fraction of sp³-hybridized carbons (Fsp3) is 0.227. The van der Waals surface area contributed by atoms with Crippen LogP contribution in [0.4, 0.5) is 5.69 Å². The molecule has 3 aromatic rings. The van der Waals surface area contributed by atoms with Crippen molar-refractivity contribution in [3.05, 3.63) is 83.2 Å². The molecule has 30 heavy (non-hydrogen) atoms. The topological polar surface area (TPSA) is 63.9 Å². The normalized spacial score (nSPS) is 16.3. The molecule has 0 bridgehead atoms. The number of thiophene rings is 1. The van der Waals surface area contributed by atoms with Crippen LogP contribution in [0, 0.1) is 0 Å². The summed E-state index contributed by atoms with van der Waals surface area (Å²) in [6.45, 7) is 1.78. The lowest BCUT2D eigenvalue weighted by atomic mass is 9.95. The number of nitrogens with zero attached hydrogens (tertiary/aromatic N) is 3. The third kappa shape index (κ3) is 3.53. The lowest BCUT2D eigenvalue weighted by Crippen LogP contribution is -2.39. The zero-order valence-electron chi connectivity index (χ0n) is 17.1. The maximum absolute atomic E-state index is 13.4. The van der Waals surface area contributed by atoms with Crippen LogP contribution in [-0.4, -0.2) is 31.7 Å². The van der Waals surface area contributed by atoms with Crippen LogP contribution in [0.2, 0.25) is 0 Å². The number of benzene rings is 1. The number of fused-ring (bicyclic) bond motifs is 1. The van der Waals surface area contributed by atoms with E-state index in [2.05, 4.69) is 4.99 Å². The first-order valence-electron chi connectivity index (χ1n) is 9.32. The molecule has 1 atom stereocenters. The number of esters is 1. The summed E-state index contributed by atoms with van der Waals surface area (Å²) in [5, 5.41) is 1.97. The standard InChI is InChI=1S/C22H21N3O3S2/c1-13-18(21(27)28-4)19(14-7-9-15(10-8-14)24(2)3)25-20(26)17(30-22(25)23-13)12-16-6-5-11-29-16/h5-12,19H,1-4H3. The molecule has 2 aromatic heterocycles. The van der Waals surface area contributed by atoms with Gasteiger partial charge in [-0.15, -0.1) is 11.3 Å². The van der Waals surface area contributed by atoms with Crippen LogP contribution >= 0.6 is 22.7 Å². The number of anilines is 1. The maximum atomic E-state index is 13.4. The summed E-state index contributed by atoms with van der Waals surface area (Å²) in [5.74, 6) is -0.481. The van der Waals surface area contributed by atoms with Gasteiger partial charge in [0.1, 0.15) is 0 Å². The average molecular weight is 440 g/mol. The highest BCUT2D eigenvalue weighted by Crippen LogP contribution is 2.31. The Morgan fingerprint density at radius 2 is 1.97 bits per heavy atom. The van der Waals surface area contributed by atoms with Gasteiger partial charge in [-0.1, -0.05) is 29.5 Å². The van der Waals surface area contributed by atoms with Crippen molar-refractivity contribution in [3.8, 4) is 0 Å². The van der Waals surface area contributed by atoms with Gasteiger partial charge in [-0.25, -0.2) is 9.79 Å². The summed E-state index contributed by atoms with van der Waals surface area (Å²) >= 11 is 2.90. The number of rotatable bonds is 4. The van der Waals surface area contributed by atoms with E-state index in [-0.39, 0.29) is 5.56 Å². The molecule has 0 amide bonds. The van der Waals surface area contributed by atoms with E-state index in [0.717, 1.165) is 16.1 Å². The fourth-order valence-electron chi connectivity index (χ4n) is 3.47. The fourth-order valence-corrected chi connectivity index (χ4v) is 5.23. The largest absolute Gasteiger partial charge is 0.466 e. The van der Waals surface area contributed by atoms with Gasteiger partial charge in [-0.3, -0.25) is 9.36 Å². The van der Waals surface area contributed by atoms with Crippen LogP contribution in [0.5, 0.6) is 0 Å². The Hall–Kier alpha value is -2.97. The first-order valence-corrected chi connectivity index (χ1v) is 11.0. The lowest BCUT2D eigenvalue weighted by Gasteiger charge is -2.25. The Labute approximate surface area is 181 Å². The minimum absolute atomic E-state index is 0.164. The SMILES string of the molecule is COC(=O)C1=C(C)N=c2sc(=Cc3cccs3)c(=O)n2C1c1ccc(N(C)C)cc1. The molecule has 0 spiro atoms. The van der Waals surface area contributed by atoms with Crippen molar-refractivity contribution in [2.45, 2.75) is 13.0 Å². The number of carbonyl (C=O) groups excluding carboxylic acids is 1. The van der Waals surface area contributed by atoms with Crippen molar-refractivity contribution in [3.63, 3.8) is 0 Å². The predicted octanol–water partition coefficient (Wildman–Crippen LogP) is 2.54. The van der Waals surface area contributed by atoms with Gasteiger partial charge in [0, 0.05) is 24.7 Å². The Balaban J connectivity index is 1.95. The van der Waals surface area contributed by atoms with Crippen LogP contribution in [-0.2, 0) is 9.53 Å². The summed E-state index contributed by atoms with van der Waals surface area (Å²) < 4.78 is 7.23. The minimum Gasteiger partial charge on any atom is -0.466 e. The van der Waals surface area contributed by atoms with E-state index in [1.807, 2.05) is 66.8 Å². The van der Waals surface area contributed by atoms with Gasteiger partial charge in [0.15, 0.2) is 4.80 Å². The molecule has 1 aliphatic rings. The van der Waals surface area contributed by atoms with Gasteiger partial charge in [0.05, 0.1) is 29.0 Å². The Kier molecular flexibility index (Phi) is 5.44. The molecule has 0 N–H and O–H groups in total. The number of carbonyl (C=O) groups is 1. The molecule has 154 valence electrons. The number of methoxy groups -OCH3 is 1. The van der Waals surface area contributed by atoms with Crippen LogP contribution in [0.1, 0.15) is 23.4 Å². The number of allylic oxidation sites excluding steroid dienone is 1. The van der Waals surface area contributed by atoms with Crippen LogP contribution in [0.25, 0.3) is 6.08 Å². The quantitative estimate of drug-likeness (QED) is 0.586. The zero-order valence-corrected chi connectivity index (χ0v) is 18.7. The molecule has 4 rings (SSSR count). The first-order chi connectivity index (χ1) is 14.4. The maximum Gasteiger partial charge on any atom is 0.338 e. The van der Waals surface area contributed by atoms with E-state index in [9.17, 15) is 9.59 Å². The molecular weight excluding hydrogens is 418 g/mol. The molecule has 6 nitrogen and oxygen atoms in total. The first kappa shape index (κ1) is 20.3. The van der Waals surface area contributed by atoms with E-state index in [0.29, 0.717) is 20.6 Å². The van der Waals surface area contributed by atoms with Gasteiger partial charge < -0.3 is 9.64 Å². The Morgan fingerprint density at radius 1 is 1.23 bits per heavy atom. The van der Waals surface area contributed by atoms with Gasteiger partial charge in [-0.2, -0.15) is 0 Å². The van der Waals surface area contributed by atoms with E-state index >= 15 is 0 Å². The summed E-state index contributed by atoms with van der Waals surface area (Å²) in [7, 11) is 5.27. The number of aromatic nitrogens is 1. The van der Waals surface area contributed by atoms with Crippen molar-refractivity contribution in [1.82, 2.24) is 4.57 Å². The molecule has 1 aromatic carbocycles. The highest BCUT2D eigenvalue weighted by molar-refractivity contribution is 7.11. The number of ether oxygens (including phenoxy) is 1. The third-order valence-corrected chi connectivity index (χ3v) is 6.77. The van der Waals surface area contributed by atoms with Gasteiger partial charge in [-0.05, 0) is 42.1 Å². The van der Waals surface area contributed by atoms with Crippen molar-refractivity contribution >= 4 is 40.4 Å². The number of thiazole rings is 1. The molecule has 0 fully saturated rings. The molecular formula is C22H21N3O3S2. The second-order valence-electron chi connectivity index (χ2n) is 7.07. The predicted molar refractivity (Wildman–Crippen MR) is 121 cm³/mol. The summed E-state index contributed by atoms with van der Waals surface area (Å²) in [6.07, 6.45) is 1.87. The van der Waals surface area contributed by atoms with Crippen LogP contribution in [0.15, 0.2) is 62.8 Å². The van der Waals surface area contributed by atoms with E-state index in [1.54, 1.807) is 22.8 Å². The van der Waals surface area contributed by atoms with Crippen LogP contribution < -0.4 is 19.8 Å². The minimum atomic E-state index is -0.588. The second kappa shape index (κ2) is 8.04. The van der Waals surface area contributed by atoms with E-state index in [4.69, 9.17) is 4.74 Å². The summed E-state index contributed by atoms with van der Waals surface area (Å²) in [4.78, 5) is 34.2. The summed E-state index contributed by atoms with van der Waals surface area (Å²) in [5.41, 5.74) is 2.64. The second-order valence-corrected chi connectivity index (χ2v) is 9.06. The number of hydrogen-bond donors (Lipinski definition) is 0. The molecule has 0 saturated heterocycles. The Bertz CT molecular complexity index is 1300. The summed E-state index contributed by atoms with van der Waals surface area (Å²) in [6, 6.07) is 11.2. The Morgan fingerprint density at radius 3 is 2.57 bits per heavy atom. The van der Waals surface area contributed by atoms with Crippen molar-refractivity contribution in [1.29, 1.82) is 0 Å². The van der Waals surface area contributed by atoms with Crippen molar-refractivity contribution in [2.24, 2.45) is 4.99 Å². The van der Waals surface area contributed by atoms with Crippen molar-refractivity contribution in [2.75, 3.05) is 26.1 Å². The molecule has 0 aliphatic carbocycles. The highest BCUT2D eigenvalue weighted by atomic mass is 32.1. The molecule has 3 heterocycles. The van der Waals surface area contributed by atoms with E-state index in [1.165, 1.54) is 18.4 Å². The van der Waals surface area contributed by atoms with Gasteiger partial charge in [0.2, 0.25) is 0 Å². The molecule has 1 unspecified atom stereocenters. The monoisotopic (exact) mass is 439 g/mol. The van der Waals surface area contributed by atoms with Gasteiger partial charge >= 0.3 is 5.97 Å². The average Bonchev–Trinajstić information content (AvgIpc) is 3.35. The molecule has 8 heteroatoms. The van der Waals surface area contributed by atoms with Gasteiger partial charge in [0.25, 0.3) is 5.56 Å².